The van der Waals surface area contributed by atoms with Crippen molar-refractivity contribution in [2.24, 2.45) is 0 Å². The summed E-state index contributed by atoms with van der Waals surface area (Å²) < 4.78 is 0. The molecule has 0 radical (unpaired) electrons. The number of nitrogens with one attached hydrogen (secondary N) is 1. The Kier molecular flexibility index (Phi) is 2.51. The Morgan fingerprint density at radius 3 is 2.90 bits per heavy atom. The molecule has 1 aromatic rings. The highest BCUT2D eigenvalue weighted by Crippen LogP contribution is 1.85. The molecule has 0 unspecified atom stereocenters. The van der Waals surface area contributed by atoms with Gasteiger partial charge in [0.1, 0.15) is 0 Å². The molecule has 1 N–H and O–H groups in total. The molecule has 1 nitrogen and oxygen atoms in total. The molecule has 54 valence electrons. The van der Waals surface area contributed by atoms with E-state index in [0.29, 0.717) is 0 Å². The second kappa shape index (κ2) is 3.42. The van der Waals surface area contributed by atoms with Crippen molar-refractivity contribution in [2.75, 3.05) is 0 Å². The summed E-state index contributed by atoms with van der Waals surface area (Å²) in [5.41, 5.74) is 3.78. The van der Waals surface area contributed by atoms with E-state index >= 15 is 0 Å². The maximum Gasteiger partial charge on any atom is 0.0986 e. The van der Waals surface area contributed by atoms with Gasteiger partial charge in [0.25, 0.3) is 0 Å². The van der Waals surface area contributed by atoms with E-state index in [2.05, 4.69) is 36.7 Å². The highest BCUT2D eigenvalue weighted by atomic mass is 28.2. The monoisotopic (exact) mass is 151 g/mol. The molecule has 0 saturated carbocycles. The summed E-state index contributed by atoms with van der Waals surface area (Å²) >= 11 is 0. The topological polar surface area (TPSA) is 15.8 Å². The minimum atomic E-state index is -0.134. The summed E-state index contributed by atoms with van der Waals surface area (Å²) in [7, 11) is -0.134. The maximum atomic E-state index is 3.21. The predicted molar refractivity (Wildman–Crippen MR) is 48.4 cm³/mol. The van der Waals surface area contributed by atoms with Crippen LogP contribution in [0.1, 0.15) is 13.8 Å². The lowest BCUT2D eigenvalue weighted by Gasteiger charge is -1.89. The first-order valence-corrected chi connectivity index (χ1v) is 5.07. The minimum Gasteiger partial charge on any atom is -0.369 e. The number of aromatic amines is 1. The molecule has 1 rings (SSSR count). The molecular formula is C8H13NSi. The van der Waals surface area contributed by atoms with E-state index in [0.717, 1.165) is 0 Å². The van der Waals surface area contributed by atoms with Gasteiger partial charge in [-0.3, -0.25) is 0 Å². The van der Waals surface area contributed by atoms with Crippen LogP contribution in [0.15, 0.2) is 29.6 Å². The Morgan fingerprint density at radius 2 is 2.40 bits per heavy atom. The number of hydrogen-bond acceptors (Lipinski definition) is 0. The largest absolute Gasteiger partial charge is 0.369 e. The van der Waals surface area contributed by atoms with Gasteiger partial charge in [-0.2, -0.15) is 0 Å². The van der Waals surface area contributed by atoms with E-state index in [1.54, 1.807) is 0 Å². The van der Waals surface area contributed by atoms with Crippen molar-refractivity contribution >= 4 is 14.8 Å². The second-order valence-electron chi connectivity index (χ2n) is 2.68. The average Bonchev–Trinajstić information content (AvgIpc) is 2.34. The molecule has 0 bridgehead atoms. The van der Waals surface area contributed by atoms with E-state index in [1.807, 2.05) is 6.20 Å². The van der Waals surface area contributed by atoms with Gasteiger partial charge in [-0.1, -0.05) is 11.3 Å². The first-order valence-electron chi connectivity index (χ1n) is 3.54. The van der Waals surface area contributed by atoms with Crippen LogP contribution in [-0.4, -0.2) is 14.5 Å². The molecule has 1 heterocycles. The fraction of sp³-hybridized carbons (Fsp3) is 0.250. The Hall–Kier alpha value is -0.763. The van der Waals surface area contributed by atoms with Crippen LogP contribution in [0.3, 0.4) is 0 Å². The van der Waals surface area contributed by atoms with Crippen LogP contribution in [0.25, 0.3) is 0 Å². The summed E-state index contributed by atoms with van der Waals surface area (Å²) in [4.78, 5) is 3.21. The lowest BCUT2D eigenvalue weighted by atomic mass is 10.4. The van der Waals surface area contributed by atoms with E-state index in [1.165, 1.54) is 10.9 Å². The zero-order valence-corrected chi connectivity index (χ0v) is 7.93. The summed E-state index contributed by atoms with van der Waals surface area (Å²) in [6, 6.07) is 4.22. The Morgan fingerprint density at radius 1 is 1.60 bits per heavy atom. The van der Waals surface area contributed by atoms with Crippen LogP contribution in [0.5, 0.6) is 0 Å². The molecule has 0 amide bonds. The average molecular weight is 151 g/mol. The van der Waals surface area contributed by atoms with Crippen LogP contribution in [0.2, 0.25) is 0 Å². The highest BCUT2D eigenvalue weighted by molar-refractivity contribution is 6.57. The molecule has 0 spiro atoms. The fourth-order valence-electron chi connectivity index (χ4n) is 0.809. The minimum absolute atomic E-state index is 0.134. The van der Waals surface area contributed by atoms with E-state index in [4.69, 9.17) is 0 Å². The van der Waals surface area contributed by atoms with Crippen LogP contribution < -0.4 is 5.32 Å². The molecule has 0 fully saturated rings. The SMILES string of the molecule is CC(C)=C[SiH2]c1ccc[nH]1. The standard InChI is InChI=1S/C8H13NSi/c1-7(2)6-10-8-4-3-5-9-8/h3-6,9H,10H2,1-2H3. The summed E-state index contributed by atoms with van der Waals surface area (Å²) in [5, 5.41) is 1.42. The van der Waals surface area contributed by atoms with Crippen molar-refractivity contribution in [3.8, 4) is 0 Å². The van der Waals surface area contributed by atoms with Crippen molar-refractivity contribution in [1.82, 2.24) is 4.98 Å². The van der Waals surface area contributed by atoms with Gasteiger partial charge >= 0.3 is 0 Å². The quantitative estimate of drug-likeness (QED) is 0.600. The first kappa shape index (κ1) is 7.35. The van der Waals surface area contributed by atoms with Crippen molar-refractivity contribution in [2.45, 2.75) is 13.8 Å². The van der Waals surface area contributed by atoms with Gasteiger partial charge in [0, 0.05) is 6.20 Å². The van der Waals surface area contributed by atoms with Crippen LogP contribution in [0, 0.1) is 0 Å². The van der Waals surface area contributed by atoms with Crippen LogP contribution >= 0.6 is 0 Å². The highest BCUT2D eigenvalue weighted by Gasteiger charge is 1.87. The van der Waals surface area contributed by atoms with Gasteiger partial charge in [-0.15, -0.1) is 0 Å². The Labute approximate surface area is 64.0 Å². The Balaban J connectivity index is 2.49. The third kappa shape index (κ3) is 2.23. The van der Waals surface area contributed by atoms with Crippen molar-refractivity contribution in [3.05, 3.63) is 29.6 Å². The van der Waals surface area contributed by atoms with Crippen LogP contribution in [-0.2, 0) is 0 Å². The van der Waals surface area contributed by atoms with Crippen LogP contribution in [0.4, 0.5) is 0 Å². The Bertz CT molecular complexity index is 207. The predicted octanol–water partition coefficient (Wildman–Crippen LogP) is 0.732. The molecule has 0 atom stereocenters. The van der Waals surface area contributed by atoms with Crippen molar-refractivity contribution in [1.29, 1.82) is 0 Å². The lowest BCUT2D eigenvalue weighted by Crippen LogP contribution is -2.12. The summed E-state index contributed by atoms with van der Waals surface area (Å²) in [6.07, 6.45) is 1.99. The maximum absolute atomic E-state index is 3.21. The normalized spacial score (nSPS) is 10.6. The molecule has 0 aliphatic heterocycles. The van der Waals surface area contributed by atoms with Gasteiger partial charge in [-0.25, -0.2) is 0 Å². The molecular weight excluding hydrogens is 138 g/mol. The molecule has 0 aromatic carbocycles. The van der Waals surface area contributed by atoms with E-state index in [9.17, 15) is 0 Å². The zero-order chi connectivity index (χ0) is 7.40. The van der Waals surface area contributed by atoms with Crippen molar-refractivity contribution < 1.29 is 0 Å². The van der Waals surface area contributed by atoms with E-state index in [-0.39, 0.29) is 9.52 Å². The smallest absolute Gasteiger partial charge is 0.0986 e. The fourth-order valence-corrected chi connectivity index (χ4v) is 1.94. The molecule has 10 heavy (non-hydrogen) atoms. The molecule has 2 heteroatoms. The third-order valence-electron chi connectivity index (χ3n) is 1.39. The molecule has 0 aliphatic rings. The number of aromatic nitrogens is 1. The second-order valence-corrected chi connectivity index (χ2v) is 4.26. The number of rotatable bonds is 2. The summed E-state index contributed by atoms with van der Waals surface area (Å²) in [5.74, 6) is 0. The number of hydrogen-bond donors (Lipinski definition) is 1. The third-order valence-corrected chi connectivity index (χ3v) is 3.29. The summed E-state index contributed by atoms with van der Waals surface area (Å²) in [6.45, 7) is 4.30. The number of H-pyrrole nitrogens is 1. The van der Waals surface area contributed by atoms with Gasteiger partial charge in [0.2, 0.25) is 0 Å². The lowest BCUT2D eigenvalue weighted by molar-refractivity contribution is 1.41. The first-order chi connectivity index (χ1) is 4.79. The zero-order valence-electron chi connectivity index (χ0n) is 6.52. The molecule has 0 saturated heterocycles. The number of allylic oxidation sites excluding steroid dienone is 1. The van der Waals surface area contributed by atoms with E-state index < -0.39 is 0 Å². The van der Waals surface area contributed by atoms with Gasteiger partial charge in [0.15, 0.2) is 0 Å². The van der Waals surface area contributed by atoms with Crippen molar-refractivity contribution in [3.63, 3.8) is 0 Å². The van der Waals surface area contributed by atoms with Gasteiger partial charge in [0.05, 0.1) is 9.52 Å². The molecule has 0 aliphatic carbocycles. The molecule has 1 aromatic heterocycles. The van der Waals surface area contributed by atoms with Gasteiger partial charge < -0.3 is 4.98 Å². The van der Waals surface area contributed by atoms with Gasteiger partial charge in [-0.05, 0) is 31.3 Å².